The van der Waals surface area contributed by atoms with Gasteiger partial charge in [-0.3, -0.25) is 4.79 Å². The van der Waals surface area contributed by atoms with E-state index in [0.717, 1.165) is 38.0 Å². The van der Waals surface area contributed by atoms with Crippen LogP contribution in [0.5, 0.6) is 0 Å². The monoisotopic (exact) mass is 290 g/mol. The van der Waals surface area contributed by atoms with Crippen LogP contribution in [-0.4, -0.2) is 40.2 Å². The summed E-state index contributed by atoms with van der Waals surface area (Å²) in [5.74, 6) is 0.736. The molecule has 0 saturated heterocycles. The van der Waals surface area contributed by atoms with E-state index in [1.165, 1.54) is 0 Å². The Kier molecular flexibility index (Phi) is 9.48. The number of amides is 1. The van der Waals surface area contributed by atoms with Crippen molar-refractivity contribution in [3.63, 3.8) is 0 Å². The molecule has 0 radical (unpaired) electrons. The molecule has 5 heteroatoms. The van der Waals surface area contributed by atoms with Crippen molar-refractivity contribution in [3.8, 4) is 0 Å². The van der Waals surface area contributed by atoms with Crippen LogP contribution in [0.25, 0.3) is 0 Å². The predicted octanol–water partition coefficient (Wildman–Crippen LogP) is 1.90. The largest absolute Gasteiger partial charge is 0.392 e. The lowest BCUT2D eigenvalue weighted by molar-refractivity contribution is -0.124. The summed E-state index contributed by atoms with van der Waals surface area (Å²) in [4.78, 5) is 11.5. The fraction of sp³-hybridized carbons (Fsp3) is 0.929. The highest BCUT2D eigenvalue weighted by Crippen LogP contribution is 2.19. The minimum absolute atomic E-state index is 0.265. The molecule has 0 spiro atoms. The first kappa shape index (κ1) is 18.7. The minimum Gasteiger partial charge on any atom is -0.392 e. The molecule has 0 rings (SSSR count). The van der Waals surface area contributed by atoms with E-state index < -0.39 is 5.54 Å². The highest BCUT2D eigenvalue weighted by molar-refractivity contribution is 7.99. The maximum Gasteiger partial charge on any atom is 0.237 e. The Morgan fingerprint density at radius 3 is 2.53 bits per heavy atom. The van der Waals surface area contributed by atoms with E-state index in [1.54, 1.807) is 11.8 Å². The van der Waals surface area contributed by atoms with Crippen molar-refractivity contribution in [2.24, 2.45) is 5.73 Å². The second-order valence-electron chi connectivity index (χ2n) is 5.40. The van der Waals surface area contributed by atoms with Crippen molar-refractivity contribution in [1.29, 1.82) is 0 Å². The number of hydrogen-bond acceptors (Lipinski definition) is 4. The molecule has 4 N–H and O–H groups in total. The molecule has 19 heavy (non-hydrogen) atoms. The molecule has 3 unspecified atom stereocenters. The zero-order valence-corrected chi connectivity index (χ0v) is 13.6. The number of nitrogens with one attached hydrogen (secondary N) is 1. The Hall–Kier alpha value is -0.260. The summed E-state index contributed by atoms with van der Waals surface area (Å²) in [5, 5.41) is 12.9. The molecular weight excluding hydrogens is 260 g/mol. The van der Waals surface area contributed by atoms with Crippen molar-refractivity contribution >= 4 is 17.7 Å². The van der Waals surface area contributed by atoms with Crippen LogP contribution >= 0.6 is 11.8 Å². The fourth-order valence-electron chi connectivity index (χ4n) is 1.69. The highest BCUT2D eigenvalue weighted by Gasteiger charge is 2.29. The molecule has 0 aliphatic carbocycles. The number of carbonyl (C=O) groups is 1. The average molecular weight is 290 g/mol. The molecule has 0 saturated carbocycles. The van der Waals surface area contributed by atoms with Gasteiger partial charge in [0.05, 0.1) is 11.6 Å². The molecule has 0 aliphatic rings. The molecule has 0 aromatic carbocycles. The summed E-state index contributed by atoms with van der Waals surface area (Å²) in [6.45, 7) is 8.62. The highest BCUT2D eigenvalue weighted by atomic mass is 32.2. The summed E-state index contributed by atoms with van der Waals surface area (Å²) in [6, 6.07) is 0. The molecule has 0 aromatic heterocycles. The van der Waals surface area contributed by atoms with Crippen molar-refractivity contribution in [2.75, 3.05) is 12.3 Å². The maximum atomic E-state index is 11.5. The predicted molar refractivity (Wildman–Crippen MR) is 83.3 cm³/mol. The van der Waals surface area contributed by atoms with Gasteiger partial charge in [-0.15, -0.1) is 0 Å². The van der Waals surface area contributed by atoms with Gasteiger partial charge in [-0.05, 0) is 45.4 Å². The van der Waals surface area contributed by atoms with Gasteiger partial charge in [0.15, 0.2) is 0 Å². The quantitative estimate of drug-likeness (QED) is 0.508. The van der Waals surface area contributed by atoms with Crippen LogP contribution in [-0.2, 0) is 4.79 Å². The summed E-state index contributed by atoms with van der Waals surface area (Å²) in [6.07, 6.45) is 3.50. The van der Waals surface area contributed by atoms with Crippen LogP contribution in [0.4, 0.5) is 0 Å². The molecule has 114 valence electrons. The van der Waals surface area contributed by atoms with Gasteiger partial charge in [-0.2, -0.15) is 11.8 Å². The summed E-state index contributed by atoms with van der Waals surface area (Å²) < 4.78 is 0. The standard InChI is InChI=1S/C14H30N2O2S/c1-5-9-16-14(4,13(15)18)8-6-7-10-19-12(3)11(2)17/h11-12,16-17H,5-10H2,1-4H3,(H2,15,18). The van der Waals surface area contributed by atoms with Crippen LogP contribution in [0, 0.1) is 0 Å². The summed E-state index contributed by atoms with van der Waals surface area (Å²) >= 11 is 1.77. The maximum absolute atomic E-state index is 11.5. The van der Waals surface area contributed by atoms with Crippen molar-refractivity contribution in [3.05, 3.63) is 0 Å². The third-order valence-electron chi connectivity index (χ3n) is 3.44. The van der Waals surface area contributed by atoms with Crippen LogP contribution in [0.3, 0.4) is 0 Å². The molecule has 0 fully saturated rings. The van der Waals surface area contributed by atoms with Gasteiger partial charge in [-0.1, -0.05) is 20.3 Å². The Labute approximate surface area is 121 Å². The average Bonchev–Trinajstić information content (AvgIpc) is 2.35. The smallest absolute Gasteiger partial charge is 0.237 e. The van der Waals surface area contributed by atoms with E-state index in [1.807, 2.05) is 20.8 Å². The minimum atomic E-state index is -0.587. The van der Waals surface area contributed by atoms with Gasteiger partial charge in [0, 0.05) is 5.25 Å². The van der Waals surface area contributed by atoms with Gasteiger partial charge < -0.3 is 16.2 Å². The van der Waals surface area contributed by atoms with E-state index in [-0.39, 0.29) is 17.3 Å². The molecule has 0 aliphatic heterocycles. The van der Waals surface area contributed by atoms with Crippen molar-refractivity contribution in [2.45, 2.75) is 70.3 Å². The van der Waals surface area contributed by atoms with Gasteiger partial charge >= 0.3 is 0 Å². The second-order valence-corrected chi connectivity index (χ2v) is 6.88. The number of thioether (sulfide) groups is 1. The van der Waals surface area contributed by atoms with E-state index in [0.29, 0.717) is 0 Å². The van der Waals surface area contributed by atoms with E-state index in [4.69, 9.17) is 5.73 Å². The normalized spacial score (nSPS) is 17.7. The van der Waals surface area contributed by atoms with Gasteiger partial charge in [-0.25, -0.2) is 0 Å². The lowest BCUT2D eigenvalue weighted by Crippen LogP contribution is -2.53. The lowest BCUT2D eigenvalue weighted by Gasteiger charge is -2.27. The van der Waals surface area contributed by atoms with E-state index in [2.05, 4.69) is 12.2 Å². The third kappa shape index (κ3) is 7.80. The zero-order valence-electron chi connectivity index (χ0n) is 12.7. The number of rotatable bonds is 11. The molecule has 4 nitrogen and oxygen atoms in total. The molecule has 0 aromatic rings. The van der Waals surface area contributed by atoms with E-state index in [9.17, 15) is 9.90 Å². The number of primary amides is 1. The number of carbonyl (C=O) groups excluding carboxylic acids is 1. The topological polar surface area (TPSA) is 75.3 Å². The Morgan fingerprint density at radius 1 is 1.42 bits per heavy atom. The molecule has 3 atom stereocenters. The fourth-order valence-corrected chi connectivity index (χ4v) is 2.71. The number of aliphatic hydroxyl groups is 1. The molecular formula is C14H30N2O2S. The number of aliphatic hydroxyl groups excluding tert-OH is 1. The van der Waals surface area contributed by atoms with Gasteiger partial charge in [0.1, 0.15) is 0 Å². The first-order valence-corrected chi connectivity index (χ1v) is 8.23. The van der Waals surface area contributed by atoms with Gasteiger partial charge in [0.25, 0.3) is 0 Å². The first-order chi connectivity index (χ1) is 8.83. The number of unbranched alkanes of at least 4 members (excludes halogenated alkanes) is 1. The third-order valence-corrected chi connectivity index (χ3v) is 4.88. The lowest BCUT2D eigenvalue weighted by atomic mass is 9.94. The van der Waals surface area contributed by atoms with Crippen molar-refractivity contribution in [1.82, 2.24) is 5.32 Å². The van der Waals surface area contributed by atoms with Crippen molar-refractivity contribution < 1.29 is 9.90 Å². The SMILES string of the molecule is CCCNC(C)(CCCCSC(C)C(C)O)C(N)=O. The first-order valence-electron chi connectivity index (χ1n) is 7.18. The van der Waals surface area contributed by atoms with E-state index >= 15 is 0 Å². The van der Waals surface area contributed by atoms with Gasteiger partial charge in [0.2, 0.25) is 5.91 Å². The summed E-state index contributed by atoms with van der Waals surface area (Å²) in [7, 11) is 0. The van der Waals surface area contributed by atoms with Crippen LogP contribution in [0.1, 0.15) is 53.4 Å². The second kappa shape index (κ2) is 9.61. The summed E-state index contributed by atoms with van der Waals surface area (Å²) in [5.41, 5.74) is 4.89. The molecule has 0 heterocycles. The Morgan fingerprint density at radius 2 is 2.05 bits per heavy atom. The Bertz CT molecular complexity index is 262. The van der Waals surface area contributed by atoms with Crippen LogP contribution in [0.15, 0.2) is 0 Å². The zero-order chi connectivity index (χ0) is 14.9. The Balaban J connectivity index is 3.91. The van der Waals surface area contributed by atoms with Crippen LogP contribution in [0.2, 0.25) is 0 Å². The van der Waals surface area contributed by atoms with Crippen LogP contribution < -0.4 is 11.1 Å². The molecule has 0 bridgehead atoms. The molecule has 1 amide bonds. The number of hydrogen-bond donors (Lipinski definition) is 3. The number of nitrogens with two attached hydrogens (primary N) is 1.